The number of allylic oxidation sites excluding steroid dienone is 4. The molecule has 42 heavy (non-hydrogen) atoms. The van der Waals surface area contributed by atoms with Crippen LogP contribution in [-0.4, -0.2) is 3.21 Å². The van der Waals surface area contributed by atoms with Crippen LogP contribution < -0.4 is 28.1 Å². The molecule has 0 saturated heterocycles. The Labute approximate surface area is 279 Å². The van der Waals surface area contributed by atoms with Crippen LogP contribution >= 0.6 is 23.2 Å². The van der Waals surface area contributed by atoms with E-state index < -0.39 is 21.3 Å². The van der Waals surface area contributed by atoms with Crippen molar-refractivity contribution in [1.82, 2.24) is 0 Å². The number of benzene rings is 4. The van der Waals surface area contributed by atoms with Gasteiger partial charge in [0.15, 0.2) is 0 Å². The molecule has 4 aromatic rings. The number of rotatable bonds is 6. The van der Waals surface area contributed by atoms with Crippen molar-refractivity contribution in [3.05, 3.63) is 156 Å². The summed E-state index contributed by atoms with van der Waals surface area (Å²) in [6.07, 6.45) is 9.73. The Hall–Kier alpha value is -2.25. The van der Waals surface area contributed by atoms with Crippen molar-refractivity contribution in [2.24, 2.45) is 5.92 Å². The predicted molar refractivity (Wildman–Crippen MR) is 172 cm³/mol. The summed E-state index contributed by atoms with van der Waals surface area (Å²) in [4.78, 5) is 0. The van der Waals surface area contributed by atoms with Gasteiger partial charge >= 0.3 is 257 Å². The third-order valence-corrected chi connectivity index (χ3v) is 16.4. The van der Waals surface area contributed by atoms with E-state index in [2.05, 4.69) is 106 Å². The Bertz CT molecular complexity index is 1760. The molecule has 0 saturated carbocycles. The molecule has 1 unspecified atom stereocenters. The van der Waals surface area contributed by atoms with Crippen molar-refractivity contribution in [3.8, 4) is 11.1 Å². The second-order valence-electron chi connectivity index (χ2n) is 10.7. The van der Waals surface area contributed by atoms with Crippen LogP contribution in [0.2, 0.25) is 10.0 Å². The maximum absolute atomic E-state index is 6.64. The van der Waals surface area contributed by atoms with E-state index >= 15 is 0 Å². The minimum atomic E-state index is -2.89. The van der Waals surface area contributed by atoms with E-state index in [0.29, 0.717) is 5.92 Å². The Morgan fingerprint density at radius 1 is 0.810 bits per heavy atom. The van der Waals surface area contributed by atoms with Crippen LogP contribution in [0.25, 0.3) is 23.3 Å². The van der Waals surface area contributed by atoms with E-state index in [1.54, 1.807) is 3.28 Å². The van der Waals surface area contributed by atoms with Crippen LogP contribution in [0.3, 0.4) is 0 Å². The van der Waals surface area contributed by atoms with Crippen LogP contribution in [0, 0.1) is 5.92 Å². The van der Waals surface area contributed by atoms with Gasteiger partial charge in [-0.05, 0) is 0 Å². The maximum Gasteiger partial charge on any atom is -1.00 e. The zero-order valence-corrected chi connectivity index (χ0v) is 29.0. The summed E-state index contributed by atoms with van der Waals surface area (Å²) in [6, 6.07) is 28.2. The standard InChI is InChI=1S/C17H13.C13H8Cl2.C7H9.2ClH.Zr/c1-3-12-5-7-14-11-15-8-6-13(4-2)10-17(15)16(14)9-12;14-12-5-1-3-10(8-12)7-11-4-2-6-13(15)9-11;1-6-3-4-7(2)5-6;;;/h3-7,9-10H,1-2,11H2;1-6,8-9H;3,5,7H,1-2H3;2*1H;/q;;;;;+2/p-2. The van der Waals surface area contributed by atoms with Gasteiger partial charge in [-0.15, -0.1) is 0 Å². The first-order chi connectivity index (χ1) is 19.4. The molecule has 0 amide bonds. The number of fused-ring (bicyclic) bond motifs is 3. The van der Waals surface area contributed by atoms with Gasteiger partial charge in [-0.1, -0.05) is 0 Å². The van der Waals surface area contributed by atoms with E-state index in [1.165, 1.54) is 45.4 Å². The molecule has 2 aliphatic carbocycles. The van der Waals surface area contributed by atoms with Crippen molar-refractivity contribution in [2.75, 3.05) is 0 Å². The smallest absolute Gasteiger partial charge is 1.00 e. The van der Waals surface area contributed by atoms with Gasteiger partial charge in [0.2, 0.25) is 0 Å². The third-order valence-electron chi connectivity index (χ3n) is 7.96. The van der Waals surface area contributed by atoms with E-state index in [0.717, 1.165) is 27.6 Å². The third kappa shape index (κ3) is 6.19. The first-order valence-corrected chi connectivity index (χ1v) is 18.0. The van der Waals surface area contributed by atoms with Crippen LogP contribution in [0.15, 0.2) is 113 Å². The van der Waals surface area contributed by atoms with Gasteiger partial charge in [0.1, 0.15) is 0 Å². The van der Waals surface area contributed by atoms with Gasteiger partial charge in [-0.2, -0.15) is 0 Å². The second-order valence-corrected chi connectivity index (χ2v) is 17.4. The first-order valence-electron chi connectivity index (χ1n) is 13.6. The number of hydrogen-bond acceptors (Lipinski definition) is 0. The summed E-state index contributed by atoms with van der Waals surface area (Å²) in [5, 5.41) is 1.49. The van der Waals surface area contributed by atoms with E-state index in [9.17, 15) is 0 Å². The first kappa shape index (κ1) is 32.7. The zero-order chi connectivity index (χ0) is 28.0. The van der Waals surface area contributed by atoms with E-state index in [1.807, 2.05) is 24.3 Å². The van der Waals surface area contributed by atoms with Crippen LogP contribution in [0.4, 0.5) is 0 Å². The Balaban J connectivity index is 0.00000202. The summed E-state index contributed by atoms with van der Waals surface area (Å²) in [7, 11) is 0. The molecule has 0 bridgehead atoms. The molecule has 0 nitrogen and oxygen atoms in total. The predicted octanol–water partition coefficient (Wildman–Crippen LogP) is 3.85. The molecular weight excluding hydrogens is 677 g/mol. The molecule has 0 aliphatic heterocycles. The summed E-state index contributed by atoms with van der Waals surface area (Å²) in [5.41, 5.74) is 11.5. The van der Waals surface area contributed by atoms with E-state index in [-0.39, 0.29) is 24.8 Å². The molecule has 2 aliphatic rings. The SMILES string of the molecule is C=Cc1ccc2c(c1)-c1cc(C=C)c[c]([Zr+2]([C]3=CC(C)=CC3C)=[C](c3cccc(Cl)c3)c3cccc(Cl)c3)c1C2.[Cl-].[Cl-]. The molecule has 1 atom stereocenters. The number of hydrogen-bond donors (Lipinski definition) is 0. The number of halogens is 4. The normalized spacial score (nSPS) is 14.2. The second kappa shape index (κ2) is 13.6. The zero-order valence-electron chi connectivity index (χ0n) is 23.5. The fourth-order valence-corrected chi connectivity index (χ4v) is 15.2. The van der Waals surface area contributed by atoms with Gasteiger partial charge in [-0.25, -0.2) is 0 Å². The monoisotopic (exact) mass is 704 g/mol. The Morgan fingerprint density at radius 3 is 1.98 bits per heavy atom. The van der Waals surface area contributed by atoms with Gasteiger partial charge in [0.05, 0.1) is 0 Å². The minimum absolute atomic E-state index is 0. The average Bonchev–Trinajstić information content (AvgIpc) is 3.48. The van der Waals surface area contributed by atoms with Crippen LogP contribution in [-0.2, 0) is 27.7 Å². The molecular formula is C37H30Cl4Zr. The average molecular weight is 708 g/mol. The summed E-state index contributed by atoms with van der Waals surface area (Å²) >= 11 is 10.4. The van der Waals surface area contributed by atoms with Gasteiger partial charge < -0.3 is 24.8 Å². The summed E-state index contributed by atoms with van der Waals surface area (Å²) < 4.78 is 4.48. The quantitative estimate of drug-likeness (QED) is 0.252. The van der Waals surface area contributed by atoms with E-state index in [4.69, 9.17) is 23.2 Å². The molecule has 5 heteroatoms. The minimum Gasteiger partial charge on any atom is -1.00 e. The fourth-order valence-electron chi connectivity index (χ4n) is 6.17. The van der Waals surface area contributed by atoms with Crippen molar-refractivity contribution in [1.29, 1.82) is 0 Å². The van der Waals surface area contributed by atoms with Gasteiger partial charge in [-0.3, -0.25) is 0 Å². The molecule has 0 aromatic heterocycles. The summed E-state index contributed by atoms with van der Waals surface area (Å²) in [6.45, 7) is 12.8. The van der Waals surface area contributed by atoms with Crippen LogP contribution in [0.5, 0.6) is 0 Å². The topological polar surface area (TPSA) is 0 Å². The molecule has 4 aromatic carbocycles. The molecule has 0 spiro atoms. The molecule has 0 N–H and O–H groups in total. The summed E-state index contributed by atoms with van der Waals surface area (Å²) in [5.74, 6) is 0.377. The molecule has 0 fully saturated rings. The van der Waals surface area contributed by atoms with Crippen molar-refractivity contribution in [2.45, 2.75) is 20.3 Å². The Kier molecular flexibility index (Phi) is 10.6. The van der Waals surface area contributed by atoms with Crippen molar-refractivity contribution in [3.63, 3.8) is 0 Å². The largest absolute Gasteiger partial charge is 1.00 e. The van der Waals surface area contributed by atoms with Gasteiger partial charge in [0, 0.05) is 0 Å². The molecule has 210 valence electrons. The van der Waals surface area contributed by atoms with Crippen LogP contribution in [0.1, 0.15) is 47.2 Å². The maximum atomic E-state index is 6.64. The molecule has 0 heterocycles. The fraction of sp³-hybridized carbons (Fsp3) is 0.108. The molecule has 0 radical (unpaired) electrons. The molecule has 6 rings (SSSR count). The Morgan fingerprint density at radius 2 is 1.43 bits per heavy atom. The van der Waals surface area contributed by atoms with Gasteiger partial charge in [0.25, 0.3) is 0 Å². The van der Waals surface area contributed by atoms with Crippen molar-refractivity contribution < 1.29 is 46.1 Å². The van der Waals surface area contributed by atoms with Crippen molar-refractivity contribution >= 4 is 41.8 Å².